The van der Waals surface area contributed by atoms with E-state index in [4.69, 9.17) is 10.5 Å². The molecule has 168 valence electrons. The summed E-state index contributed by atoms with van der Waals surface area (Å²) in [6.07, 6.45) is 0. The van der Waals surface area contributed by atoms with E-state index in [0.29, 0.717) is 28.3 Å². The number of pyridine rings is 1. The predicted octanol–water partition coefficient (Wildman–Crippen LogP) is 5.29. The minimum Gasteiger partial charge on any atom is -0.489 e. The van der Waals surface area contributed by atoms with Crippen molar-refractivity contribution in [2.24, 2.45) is 0 Å². The van der Waals surface area contributed by atoms with Crippen LogP contribution in [0.2, 0.25) is 0 Å². The molecule has 0 aliphatic carbocycles. The molecule has 0 saturated heterocycles. The van der Waals surface area contributed by atoms with E-state index < -0.39 is 4.92 Å². The Morgan fingerprint density at radius 3 is 2.55 bits per heavy atom. The van der Waals surface area contributed by atoms with E-state index in [1.807, 2.05) is 19.1 Å². The van der Waals surface area contributed by atoms with E-state index in [2.05, 4.69) is 10.3 Å². The van der Waals surface area contributed by atoms with Crippen LogP contribution in [-0.2, 0) is 6.61 Å². The van der Waals surface area contributed by atoms with Gasteiger partial charge in [-0.2, -0.15) is 0 Å². The Hall–Kier alpha value is -4.17. The number of nitrogens with zero attached hydrogens (tertiary/aromatic N) is 2. The molecule has 0 saturated carbocycles. The van der Waals surface area contributed by atoms with Gasteiger partial charge in [-0.3, -0.25) is 19.9 Å². The summed E-state index contributed by atoms with van der Waals surface area (Å²) in [7, 11) is 0. The average Bonchev–Trinajstić information content (AvgIpc) is 2.78. The molecule has 3 aromatic carbocycles. The predicted molar refractivity (Wildman–Crippen MR) is 130 cm³/mol. The Morgan fingerprint density at radius 1 is 1.09 bits per heavy atom. The highest BCUT2D eigenvalue weighted by molar-refractivity contribution is 6.06. The first kappa shape index (κ1) is 23.5. The number of ether oxygens (including phenoxy) is 1. The lowest BCUT2D eigenvalue weighted by atomic mass is 10.1. The van der Waals surface area contributed by atoms with Gasteiger partial charge in [-0.25, -0.2) is 0 Å². The number of carbonyl (C=O) groups is 1. The van der Waals surface area contributed by atoms with Crippen LogP contribution in [0.25, 0.3) is 10.9 Å². The maximum Gasteiger partial charge on any atom is 0.269 e. The fourth-order valence-electron chi connectivity index (χ4n) is 3.36. The maximum absolute atomic E-state index is 13.0. The molecule has 0 bridgehead atoms. The first-order chi connectivity index (χ1) is 15.4. The summed E-state index contributed by atoms with van der Waals surface area (Å²) in [5.74, 6) is 0.185. The van der Waals surface area contributed by atoms with Crippen LogP contribution < -0.4 is 15.8 Å². The van der Waals surface area contributed by atoms with E-state index >= 15 is 0 Å². The molecule has 3 N–H and O–H groups in total. The number of rotatable bonds is 6. The van der Waals surface area contributed by atoms with Crippen molar-refractivity contribution >= 4 is 46.3 Å². The topological polar surface area (TPSA) is 120 Å². The quantitative estimate of drug-likeness (QED) is 0.295. The minimum atomic E-state index is -0.471. The maximum atomic E-state index is 13.0. The van der Waals surface area contributed by atoms with Gasteiger partial charge < -0.3 is 15.8 Å². The number of nitro groups is 1. The number of benzene rings is 3. The Bertz CT molecular complexity index is 1330. The van der Waals surface area contributed by atoms with Crippen molar-refractivity contribution in [1.82, 2.24) is 4.98 Å². The van der Waals surface area contributed by atoms with Crippen molar-refractivity contribution < 1.29 is 14.5 Å². The number of non-ortho nitro benzene ring substituents is 1. The lowest BCUT2D eigenvalue weighted by molar-refractivity contribution is -0.384. The molecule has 0 aliphatic heterocycles. The third kappa shape index (κ3) is 5.36. The lowest BCUT2D eigenvalue weighted by Gasteiger charge is -2.12. The number of nitrogens with one attached hydrogen (secondary N) is 1. The number of hydrogen-bond donors (Lipinski definition) is 2. The zero-order valence-electron chi connectivity index (χ0n) is 17.6. The molecule has 9 heteroatoms. The molecular weight excluding hydrogens is 444 g/mol. The highest BCUT2D eigenvalue weighted by Crippen LogP contribution is 2.25. The zero-order chi connectivity index (χ0) is 22.7. The number of anilines is 2. The summed E-state index contributed by atoms with van der Waals surface area (Å²) >= 11 is 0. The largest absolute Gasteiger partial charge is 0.489 e. The summed E-state index contributed by atoms with van der Waals surface area (Å²) in [5.41, 5.74) is 10.0. The molecule has 0 radical (unpaired) electrons. The van der Waals surface area contributed by atoms with Gasteiger partial charge in [0.25, 0.3) is 11.6 Å². The summed E-state index contributed by atoms with van der Waals surface area (Å²) in [5, 5.41) is 14.4. The third-order valence-electron chi connectivity index (χ3n) is 4.93. The normalized spacial score (nSPS) is 10.3. The van der Waals surface area contributed by atoms with Gasteiger partial charge in [0.05, 0.1) is 10.4 Å². The molecule has 0 atom stereocenters. The number of carbonyl (C=O) groups excluding carboxylic acids is 1. The zero-order valence-corrected chi connectivity index (χ0v) is 18.5. The van der Waals surface area contributed by atoms with Crippen molar-refractivity contribution in [3.63, 3.8) is 0 Å². The Balaban J connectivity index is 0.00000306. The smallest absolute Gasteiger partial charge is 0.269 e. The Morgan fingerprint density at radius 2 is 1.82 bits per heavy atom. The average molecular weight is 465 g/mol. The van der Waals surface area contributed by atoms with Gasteiger partial charge in [0.2, 0.25) is 0 Å². The number of aromatic nitrogens is 1. The van der Waals surface area contributed by atoms with E-state index in [9.17, 15) is 14.9 Å². The molecule has 8 nitrogen and oxygen atoms in total. The summed E-state index contributed by atoms with van der Waals surface area (Å²) < 4.78 is 5.73. The van der Waals surface area contributed by atoms with E-state index in [1.165, 1.54) is 24.3 Å². The van der Waals surface area contributed by atoms with E-state index in [-0.39, 0.29) is 30.6 Å². The van der Waals surface area contributed by atoms with Crippen LogP contribution in [0.15, 0.2) is 72.8 Å². The SMILES string of the molecule is Cc1cc(N)c2cc(NC(=O)c3ccccc3COc3ccc([N+](=O)[O-])cc3)ccc2n1.Cl. The van der Waals surface area contributed by atoms with Crippen LogP contribution >= 0.6 is 12.4 Å². The second-order valence-electron chi connectivity index (χ2n) is 7.24. The molecule has 1 heterocycles. The summed E-state index contributed by atoms with van der Waals surface area (Å²) in [4.78, 5) is 27.7. The van der Waals surface area contributed by atoms with Gasteiger partial charge in [0, 0.05) is 45.7 Å². The van der Waals surface area contributed by atoms with Crippen LogP contribution in [0.1, 0.15) is 21.6 Å². The second kappa shape index (κ2) is 9.97. The number of hydrogen-bond acceptors (Lipinski definition) is 6. The first-order valence-corrected chi connectivity index (χ1v) is 9.84. The van der Waals surface area contributed by atoms with Gasteiger partial charge in [0.15, 0.2) is 0 Å². The number of halogens is 1. The van der Waals surface area contributed by atoms with E-state index in [0.717, 1.165) is 16.6 Å². The van der Waals surface area contributed by atoms with E-state index in [1.54, 1.807) is 36.4 Å². The first-order valence-electron chi connectivity index (χ1n) is 9.84. The molecule has 1 aromatic heterocycles. The van der Waals surface area contributed by atoms with Crippen LogP contribution in [-0.4, -0.2) is 15.8 Å². The fourth-order valence-corrected chi connectivity index (χ4v) is 3.36. The Kier molecular flexibility index (Phi) is 7.10. The van der Waals surface area contributed by atoms with Crippen molar-refractivity contribution in [3.05, 3.63) is 99.7 Å². The molecule has 0 unspecified atom stereocenters. The minimum absolute atomic E-state index is 0. The number of aryl methyl sites for hydroxylation is 1. The number of fused-ring (bicyclic) bond motifs is 1. The van der Waals surface area contributed by atoms with Gasteiger partial charge >= 0.3 is 0 Å². The summed E-state index contributed by atoms with van der Waals surface area (Å²) in [6.45, 7) is 2.01. The number of nitro benzene ring substituents is 1. The van der Waals surface area contributed by atoms with Crippen molar-refractivity contribution in [3.8, 4) is 5.75 Å². The molecule has 0 aliphatic rings. The third-order valence-corrected chi connectivity index (χ3v) is 4.93. The van der Waals surface area contributed by atoms with Crippen LogP contribution in [0, 0.1) is 17.0 Å². The highest BCUT2D eigenvalue weighted by Gasteiger charge is 2.13. The van der Waals surface area contributed by atoms with Crippen LogP contribution in [0.3, 0.4) is 0 Å². The highest BCUT2D eigenvalue weighted by atomic mass is 35.5. The monoisotopic (exact) mass is 464 g/mol. The molecule has 33 heavy (non-hydrogen) atoms. The molecule has 0 spiro atoms. The summed E-state index contributed by atoms with van der Waals surface area (Å²) in [6, 6.07) is 20.1. The van der Waals surface area contributed by atoms with Crippen LogP contribution in [0.4, 0.5) is 17.1 Å². The molecular formula is C24H21ClN4O4. The van der Waals surface area contributed by atoms with Crippen molar-refractivity contribution in [1.29, 1.82) is 0 Å². The number of nitrogens with two attached hydrogens (primary N) is 1. The standard InChI is InChI=1S/C24H20N4O4.ClH/c1-15-12-22(25)21-13-17(6-11-23(21)26-15)27-24(29)20-5-3-2-4-16(20)14-32-19-9-7-18(8-10-19)28(30)31;/h2-13H,14H2,1H3,(H2,25,26)(H,27,29);1H. The molecule has 1 amide bonds. The fraction of sp³-hybridized carbons (Fsp3) is 0.0833. The van der Waals surface area contributed by atoms with Gasteiger partial charge in [-0.15, -0.1) is 12.4 Å². The molecule has 0 fully saturated rings. The Labute approximate surface area is 196 Å². The van der Waals surface area contributed by atoms with Gasteiger partial charge in [0.1, 0.15) is 12.4 Å². The van der Waals surface area contributed by atoms with Crippen LogP contribution in [0.5, 0.6) is 5.75 Å². The molecule has 4 aromatic rings. The van der Waals surface area contributed by atoms with Crippen molar-refractivity contribution in [2.45, 2.75) is 13.5 Å². The van der Waals surface area contributed by atoms with Gasteiger partial charge in [-0.1, -0.05) is 18.2 Å². The number of amides is 1. The van der Waals surface area contributed by atoms with Crippen molar-refractivity contribution in [2.75, 3.05) is 11.1 Å². The van der Waals surface area contributed by atoms with Gasteiger partial charge in [-0.05, 0) is 49.4 Å². The second-order valence-corrected chi connectivity index (χ2v) is 7.24. The lowest BCUT2D eigenvalue weighted by Crippen LogP contribution is -2.15. The number of nitrogen functional groups attached to an aromatic ring is 1. The molecule has 4 rings (SSSR count).